The second-order valence-electron chi connectivity index (χ2n) is 4.60. The van der Waals surface area contributed by atoms with E-state index in [1.807, 2.05) is 18.2 Å². The Bertz CT molecular complexity index is 518. The molecule has 4 nitrogen and oxygen atoms in total. The van der Waals surface area contributed by atoms with Crippen molar-refractivity contribution in [1.29, 1.82) is 0 Å². The highest BCUT2D eigenvalue weighted by Crippen LogP contribution is 2.23. The lowest BCUT2D eigenvalue weighted by Crippen LogP contribution is -2.39. The van der Waals surface area contributed by atoms with E-state index < -0.39 is 0 Å². The Morgan fingerprint density at radius 2 is 2.10 bits per heavy atom. The number of amides is 1. The molecule has 0 bridgehead atoms. The van der Waals surface area contributed by atoms with Gasteiger partial charge in [-0.25, -0.2) is 0 Å². The number of nitrogens with zero attached hydrogens (tertiary/aromatic N) is 1. The molecule has 0 aromatic carbocycles. The fourth-order valence-corrected chi connectivity index (χ4v) is 3.51. The maximum Gasteiger partial charge on any atom is 0.308 e. The molecular weight excluding hydrogens is 342 g/mol. The molecule has 1 aromatic rings. The van der Waals surface area contributed by atoms with Crippen molar-refractivity contribution < 1.29 is 14.3 Å². The summed E-state index contributed by atoms with van der Waals surface area (Å²) in [6.45, 7) is 1.22. The van der Waals surface area contributed by atoms with Crippen LogP contribution in [0.5, 0.6) is 0 Å². The standard InChI is InChI=1S/C14H16BrNO3S/c1-19-14(18)10-6-8-16(9-7-10)13(17)5-3-11-2-4-12(15)20-11/h2-5,10H,6-9H2,1H3. The van der Waals surface area contributed by atoms with Gasteiger partial charge in [0.2, 0.25) is 5.91 Å². The van der Waals surface area contributed by atoms with Gasteiger partial charge in [0, 0.05) is 24.0 Å². The first-order valence-electron chi connectivity index (χ1n) is 6.40. The number of hydrogen-bond acceptors (Lipinski definition) is 4. The number of piperidine rings is 1. The summed E-state index contributed by atoms with van der Waals surface area (Å²) in [7, 11) is 1.40. The number of hydrogen-bond donors (Lipinski definition) is 0. The molecule has 0 unspecified atom stereocenters. The van der Waals surface area contributed by atoms with Gasteiger partial charge in [0.1, 0.15) is 0 Å². The van der Waals surface area contributed by atoms with Crippen LogP contribution in [0.25, 0.3) is 6.08 Å². The quantitative estimate of drug-likeness (QED) is 0.617. The van der Waals surface area contributed by atoms with E-state index in [0.717, 1.165) is 8.66 Å². The van der Waals surface area contributed by atoms with Crippen LogP contribution in [0.15, 0.2) is 22.0 Å². The maximum atomic E-state index is 12.0. The Hall–Kier alpha value is -1.14. The highest BCUT2D eigenvalue weighted by Gasteiger charge is 2.26. The van der Waals surface area contributed by atoms with Gasteiger partial charge in [0.15, 0.2) is 0 Å². The van der Waals surface area contributed by atoms with E-state index in [0.29, 0.717) is 25.9 Å². The summed E-state index contributed by atoms with van der Waals surface area (Å²) >= 11 is 4.97. The average Bonchev–Trinajstić information content (AvgIpc) is 2.89. The van der Waals surface area contributed by atoms with Crippen LogP contribution in [-0.2, 0) is 14.3 Å². The van der Waals surface area contributed by atoms with Crippen LogP contribution in [0.2, 0.25) is 0 Å². The van der Waals surface area contributed by atoms with Gasteiger partial charge in [-0.15, -0.1) is 11.3 Å². The monoisotopic (exact) mass is 357 g/mol. The van der Waals surface area contributed by atoms with E-state index in [9.17, 15) is 9.59 Å². The van der Waals surface area contributed by atoms with Gasteiger partial charge in [-0.1, -0.05) is 0 Å². The lowest BCUT2D eigenvalue weighted by Gasteiger charge is -2.29. The fourth-order valence-electron chi connectivity index (χ4n) is 2.18. The zero-order valence-electron chi connectivity index (χ0n) is 11.2. The molecule has 0 atom stereocenters. The first-order chi connectivity index (χ1) is 9.60. The number of thiophene rings is 1. The van der Waals surface area contributed by atoms with Crippen LogP contribution in [0.4, 0.5) is 0 Å². The van der Waals surface area contributed by atoms with Crippen molar-refractivity contribution >= 4 is 45.2 Å². The van der Waals surface area contributed by atoms with Crippen LogP contribution in [0.3, 0.4) is 0 Å². The first-order valence-corrected chi connectivity index (χ1v) is 8.01. The van der Waals surface area contributed by atoms with Crippen molar-refractivity contribution in [3.63, 3.8) is 0 Å². The molecule has 0 saturated carbocycles. The minimum Gasteiger partial charge on any atom is -0.469 e. The highest BCUT2D eigenvalue weighted by molar-refractivity contribution is 9.11. The Morgan fingerprint density at radius 1 is 1.40 bits per heavy atom. The number of ether oxygens (including phenoxy) is 1. The average molecular weight is 358 g/mol. The summed E-state index contributed by atoms with van der Waals surface area (Å²) in [6, 6.07) is 3.92. The number of halogens is 1. The van der Waals surface area contributed by atoms with E-state index in [2.05, 4.69) is 15.9 Å². The summed E-state index contributed by atoms with van der Waals surface area (Å²) in [4.78, 5) is 26.3. The van der Waals surface area contributed by atoms with Gasteiger partial charge in [-0.2, -0.15) is 0 Å². The zero-order valence-corrected chi connectivity index (χ0v) is 13.6. The molecule has 1 amide bonds. The van der Waals surface area contributed by atoms with Gasteiger partial charge in [-0.3, -0.25) is 9.59 Å². The largest absolute Gasteiger partial charge is 0.469 e. The Balaban J connectivity index is 1.86. The molecule has 1 aromatic heterocycles. The SMILES string of the molecule is COC(=O)C1CCN(C(=O)C=Cc2ccc(Br)s2)CC1. The Kier molecular flexibility index (Phi) is 5.37. The van der Waals surface area contributed by atoms with Crippen LogP contribution in [0, 0.1) is 5.92 Å². The van der Waals surface area contributed by atoms with Crippen molar-refractivity contribution in [3.05, 3.63) is 26.9 Å². The normalized spacial score (nSPS) is 16.6. The van der Waals surface area contributed by atoms with Crippen molar-refractivity contribution in [3.8, 4) is 0 Å². The second-order valence-corrected chi connectivity index (χ2v) is 7.09. The predicted octanol–water partition coefficient (Wildman–Crippen LogP) is 2.94. The fraction of sp³-hybridized carbons (Fsp3) is 0.429. The summed E-state index contributed by atoms with van der Waals surface area (Å²) in [5, 5.41) is 0. The van der Waals surface area contributed by atoms with Crippen LogP contribution in [0.1, 0.15) is 17.7 Å². The van der Waals surface area contributed by atoms with Crippen molar-refractivity contribution in [2.45, 2.75) is 12.8 Å². The minimum atomic E-state index is -0.170. The lowest BCUT2D eigenvalue weighted by atomic mass is 9.97. The third kappa shape index (κ3) is 3.93. The molecule has 20 heavy (non-hydrogen) atoms. The maximum absolute atomic E-state index is 12.0. The molecule has 1 aliphatic heterocycles. The van der Waals surface area contributed by atoms with Gasteiger partial charge in [0.25, 0.3) is 0 Å². The number of methoxy groups -OCH3 is 1. The third-order valence-corrected chi connectivity index (χ3v) is 4.91. The molecule has 108 valence electrons. The number of carbonyl (C=O) groups is 2. The van der Waals surface area contributed by atoms with Crippen molar-refractivity contribution in [2.24, 2.45) is 5.92 Å². The lowest BCUT2D eigenvalue weighted by molar-refractivity contribution is -0.148. The number of carbonyl (C=O) groups excluding carboxylic acids is 2. The van der Waals surface area contributed by atoms with E-state index in [1.54, 1.807) is 22.3 Å². The predicted molar refractivity (Wildman–Crippen MR) is 82.4 cm³/mol. The van der Waals surface area contributed by atoms with Crippen LogP contribution < -0.4 is 0 Å². The molecule has 2 heterocycles. The first kappa shape index (κ1) is 15.3. The molecule has 0 radical (unpaired) electrons. The molecule has 2 rings (SSSR count). The van der Waals surface area contributed by atoms with E-state index in [-0.39, 0.29) is 17.8 Å². The van der Waals surface area contributed by atoms with Crippen molar-refractivity contribution in [1.82, 2.24) is 4.90 Å². The molecule has 1 fully saturated rings. The second kappa shape index (κ2) is 7.04. The molecule has 1 saturated heterocycles. The summed E-state index contributed by atoms with van der Waals surface area (Å²) in [5.41, 5.74) is 0. The van der Waals surface area contributed by atoms with Crippen molar-refractivity contribution in [2.75, 3.05) is 20.2 Å². The minimum absolute atomic E-state index is 0.00200. The van der Waals surface area contributed by atoms with E-state index in [4.69, 9.17) is 4.74 Å². The van der Waals surface area contributed by atoms with Gasteiger partial charge in [-0.05, 0) is 47.0 Å². The zero-order chi connectivity index (χ0) is 14.5. The summed E-state index contributed by atoms with van der Waals surface area (Å²) in [6.07, 6.45) is 4.77. The van der Waals surface area contributed by atoms with Crippen LogP contribution in [-0.4, -0.2) is 37.0 Å². The van der Waals surface area contributed by atoms with Gasteiger partial charge >= 0.3 is 5.97 Å². The van der Waals surface area contributed by atoms with Crippen LogP contribution >= 0.6 is 27.3 Å². The number of esters is 1. The van der Waals surface area contributed by atoms with E-state index in [1.165, 1.54) is 7.11 Å². The van der Waals surface area contributed by atoms with E-state index >= 15 is 0 Å². The molecule has 6 heteroatoms. The highest BCUT2D eigenvalue weighted by atomic mass is 79.9. The summed E-state index contributed by atoms with van der Waals surface area (Å²) in [5.74, 6) is -0.241. The smallest absolute Gasteiger partial charge is 0.308 e. The molecular formula is C14H16BrNO3S. The third-order valence-electron chi connectivity index (χ3n) is 3.33. The molecule has 1 aliphatic rings. The molecule has 0 spiro atoms. The summed E-state index contributed by atoms with van der Waals surface area (Å²) < 4.78 is 5.78. The molecule has 0 aliphatic carbocycles. The molecule has 0 N–H and O–H groups in total. The van der Waals surface area contributed by atoms with Gasteiger partial charge < -0.3 is 9.64 Å². The Labute approximate surface area is 130 Å². The number of rotatable bonds is 3. The Morgan fingerprint density at radius 3 is 2.65 bits per heavy atom. The number of likely N-dealkylation sites (tertiary alicyclic amines) is 1. The van der Waals surface area contributed by atoms with Gasteiger partial charge in [0.05, 0.1) is 16.8 Å². The topological polar surface area (TPSA) is 46.6 Å².